The third-order valence-corrected chi connectivity index (χ3v) is 3.90. The van der Waals surface area contributed by atoms with Gasteiger partial charge in [0, 0.05) is 20.1 Å². The summed E-state index contributed by atoms with van der Waals surface area (Å²) >= 11 is 0. The van der Waals surface area contributed by atoms with Gasteiger partial charge in [0.05, 0.1) is 6.33 Å². The number of likely N-dealkylation sites (tertiary alicyclic amines) is 1. The second kappa shape index (κ2) is 6.26. The van der Waals surface area contributed by atoms with Gasteiger partial charge >= 0.3 is 0 Å². The number of hydrogen-bond donors (Lipinski definition) is 3. The van der Waals surface area contributed by atoms with Gasteiger partial charge in [-0.1, -0.05) is 6.92 Å². The lowest BCUT2D eigenvalue weighted by atomic mass is 10.1. The van der Waals surface area contributed by atoms with Gasteiger partial charge in [-0.3, -0.25) is 0 Å². The molecular weight excluding hydrogens is 266 g/mol. The zero-order chi connectivity index (χ0) is 14.7. The molecule has 3 N–H and O–H groups in total. The Labute approximate surface area is 124 Å². The Bertz CT molecular complexity index is 588. The number of nitrogens with one attached hydrogen (secondary N) is 3. The molecule has 3 heterocycles. The van der Waals surface area contributed by atoms with Crippen molar-refractivity contribution in [3.05, 3.63) is 6.33 Å². The minimum absolute atomic E-state index is 0.578. The average molecular weight is 289 g/mol. The van der Waals surface area contributed by atoms with E-state index in [-0.39, 0.29) is 0 Å². The first kappa shape index (κ1) is 14.1. The van der Waals surface area contributed by atoms with Crippen LogP contribution in [0.3, 0.4) is 0 Å². The molecule has 1 atom stereocenters. The molecule has 0 aromatic carbocycles. The number of aromatic nitrogens is 4. The zero-order valence-electron chi connectivity index (χ0n) is 12.7. The minimum atomic E-state index is 0.578. The number of H-pyrrole nitrogens is 1. The molecule has 21 heavy (non-hydrogen) atoms. The highest BCUT2D eigenvalue weighted by Gasteiger charge is 2.15. The van der Waals surface area contributed by atoms with Crippen LogP contribution >= 0.6 is 0 Å². The van der Waals surface area contributed by atoms with E-state index in [1.165, 1.54) is 25.9 Å². The molecule has 1 aliphatic rings. The summed E-state index contributed by atoms with van der Waals surface area (Å²) in [6.45, 7) is 6.79. The van der Waals surface area contributed by atoms with Crippen molar-refractivity contribution in [2.45, 2.75) is 19.8 Å². The maximum absolute atomic E-state index is 4.48. The van der Waals surface area contributed by atoms with Crippen molar-refractivity contribution >= 4 is 22.9 Å². The molecule has 0 amide bonds. The Morgan fingerprint density at radius 1 is 1.33 bits per heavy atom. The van der Waals surface area contributed by atoms with E-state index in [4.69, 9.17) is 0 Å². The Hall–Kier alpha value is -1.89. The van der Waals surface area contributed by atoms with Crippen LogP contribution in [0.4, 0.5) is 11.8 Å². The summed E-state index contributed by atoms with van der Waals surface area (Å²) in [6.07, 6.45) is 4.33. The second-order valence-corrected chi connectivity index (χ2v) is 5.74. The van der Waals surface area contributed by atoms with E-state index in [1.807, 2.05) is 7.05 Å². The zero-order valence-corrected chi connectivity index (χ0v) is 12.7. The maximum Gasteiger partial charge on any atom is 0.226 e. The van der Waals surface area contributed by atoms with E-state index in [0.717, 1.165) is 24.4 Å². The van der Waals surface area contributed by atoms with Crippen molar-refractivity contribution in [2.24, 2.45) is 5.92 Å². The quantitative estimate of drug-likeness (QED) is 0.748. The predicted molar refractivity (Wildman–Crippen MR) is 84.6 cm³/mol. The minimum Gasteiger partial charge on any atom is -0.368 e. The molecule has 0 bridgehead atoms. The second-order valence-electron chi connectivity index (χ2n) is 5.74. The topological polar surface area (TPSA) is 81.8 Å². The van der Waals surface area contributed by atoms with Crippen LogP contribution < -0.4 is 10.6 Å². The molecule has 0 saturated carbocycles. The number of nitrogens with zero attached hydrogens (tertiary/aromatic N) is 4. The maximum atomic E-state index is 4.48. The summed E-state index contributed by atoms with van der Waals surface area (Å²) in [4.78, 5) is 18.6. The van der Waals surface area contributed by atoms with Crippen molar-refractivity contribution in [3.8, 4) is 0 Å². The molecule has 0 spiro atoms. The van der Waals surface area contributed by atoms with Gasteiger partial charge in [0.25, 0.3) is 0 Å². The summed E-state index contributed by atoms with van der Waals surface area (Å²) < 4.78 is 0. The van der Waals surface area contributed by atoms with Crippen molar-refractivity contribution < 1.29 is 0 Å². The highest BCUT2D eigenvalue weighted by molar-refractivity contribution is 5.83. The molecule has 2 aromatic rings. The highest BCUT2D eigenvalue weighted by atomic mass is 15.2. The number of anilines is 2. The van der Waals surface area contributed by atoms with Crippen LogP contribution in [0, 0.1) is 5.92 Å². The lowest BCUT2D eigenvalue weighted by Gasteiger charge is -2.20. The van der Waals surface area contributed by atoms with Gasteiger partial charge in [0.1, 0.15) is 5.52 Å². The van der Waals surface area contributed by atoms with Crippen molar-refractivity contribution in [3.63, 3.8) is 0 Å². The van der Waals surface area contributed by atoms with Gasteiger partial charge in [0.2, 0.25) is 5.95 Å². The summed E-state index contributed by atoms with van der Waals surface area (Å²) in [5.41, 5.74) is 1.55. The molecule has 3 rings (SSSR count). The normalized spacial score (nSPS) is 17.2. The van der Waals surface area contributed by atoms with Crippen LogP contribution in [0.25, 0.3) is 11.2 Å². The van der Waals surface area contributed by atoms with E-state index in [9.17, 15) is 0 Å². The molecule has 114 valence electrons. The standard InChI is InChI=1S/C14H23N7/c1-10(8-21-5-3-4-6-21)7-16-12-11-13(18-9-17-11)20-14(15-2)19-12/h9-10H,3-8H2,1-2H3,(H3,15,16,17,18,19,20). The molecule has 2 aromatic heterocycles. The molecule has 0 aliphatic carbocycles. The fraction of sp³-hybridized carbons (Fsp3) is 0.643. The number of hydrogen-bond acceptors (Lipinski definition) is 6. The van der Waals surface area contributed by atoms with E-state index >= 15 is 0 Å². The van der Waals surface area contributed by atoms with Crippen molar-refractivity contribution in [1.29, 1.82) is 0 Å². The first-order valence-electron chi connectivity index (χ1n) is 7.61. The summed E-state index contributed by atoms with van der Waals surface area (Å²) in [5, 5.41) is 6.40. The molecule has 1 unspecified atom stereocenters. The van der Waals surface area contributed by atoms with Crippen LogP contribution in [0.1, 0.15) is 19.8 Å². The van der Waals surface area contributed by atoms with Crippen LogP contribution in [-0.4, -0.2) is 58.1 Å². The molecular formula is C14H23N7. The molecule has 1 aliphatic heterocycles. The van der Waals surface area contributed by atoms with Crippen LogP contribution in [0.15, 0.2) is 6.33 Å². The summed E-state index contributed by atoms with van der Waals surface area (Å²) in [6, 6.07) is 0. The fourth-order valence-electron chi connectivity index (χ4n) is 2.81. The van der Waals surface area contributed by atoms with Crippen LogP contribution in [0.2, 0.25) is 0 Å². The number of imidazole rings is 1. The van der Waals surface area contributed by atoms with E-state index in [0.29, 0.717) is 17.5 Å². The number of aromatic amines is 1. The largest absolute Gasteiger partial charge is 0.368 e. The molecule has 0 radical (unpaired) electrons. The van der Waals surface area contributed by atoms with E-state index in [1.54, 1.807) is 6.33 Å². The lowest BCUT2D eigenvalue weighted by Crippen LogP contribution is -2.29. The molecule has 7 heteroatoms. The third kappa shape index (κ3) is 3.24. The van der Waals surface area contributed by atoms with Gasteiger partial charge in [-0.05, 0) is 31.8 Å². The van der Waals surface area contributed by atoms with Gasteiger partial charge < -0.3 is 20.5 Å². The van der Waals surface area contributed by atoms with E-state index < -0.39 is 0 Å². The van der Waals surface area contributed by atoms with Gasteiger partial charge in [-0.25, -0.2) is 4.98 Å². The van der Waals surface area contributed by atoms with Crippen molar-refractivity contribution in [1.82, 2.24) is 24.8 Å². The van der Waals surface area contributed by atoms with Gasteiger partial charge in [0.15, 0.2) is 11.5 Å². The smallest absolute Gasteiger partial charge is 0.226 e. The van der Waals surface area contributed by atoms with E-state index in [2.05, 4.69) is 42.4 Å². The first-order chi connectivity index (χ1) is 10.3. The Morgan fingerprint density at radius 3 is 2.90 bits per heavy atom. The number of rotatable bonds is 6. The molecule has 7 nitrogen and oxygen atoms in total. The SMILES string of the molecule is CNc1nc(NCC(C)CN2CCCC2)c2[nH]cnc2n1. The molecule has 1 saturated heterocycles. The predicted octanol–water partition coefficient (Wildman–Crippen LogP) is 1.54. The first-order valence-corrected chi connectivity index (χ1v) is 7.61. The highest BCUT2D eigenvalue weighted by Crippen LogP contribution is 2.19. The van der Waals surface area contributed by atoms with Crippen LogP contribution in [0.5, 0.6) is 0 Å². The number of fused-ring (bicyclic) bond motifs is 1. The van der Waals surface area contributed by atoms with Gasteiger partial charge in [-0.15, -0.1) is 0 Å². The van der Waals surface area contributed by atoms with Crippen molar-refractivity contribution in [2.75, 3.05) is 43.9 Å². The lowest BCUT2D eigenvalue weighted by molar-refractivity contribution is 0.294. The monoisotopic (exact) mass is 289 g/mol. The summed E-state index contributed by atoms with van der Waals surface area (Å²) in [5.74, 6) is 1.98. The van der Waals surface area contributed by atoms with Crippen LogP contribution in [-0.2, 0) is 0 Å². The molecule has 1 fully saturated rings. The Kier molecular flexibility index (Phi) is 4.19. The Balaban J connectivity index is 1.65. The third-order valence-electron chi connectivity index (χ3n) is 3.90. The summed E-state index contributed by atoms with van der Waals surface area (Å²) in [7, 11) is 1.81. The Morgan fingerprint density at radius 2 is 2.14 bits per heavy atom. The fourth-order valence-corrected chi connectivity index (χ4v) is 2.81. The average Bonchev–Trinajstić information content (AvgIpc) is 3.15. The van der Waals surface area contributed by atoms with Gasteiger partial charge in [-0.2, -0.15) is 9.97 Å².